The summed E-state index contributed by atoms with van der Waals surface area (Å²) in [4.78, 5) is 10.8. The molecule has 0 saturated carbocycles. The molecule has 14 heavy (non-hydrogen) atoms. The van der Waals surface area contributed by atoms with Crippen molar-refractivity contribution < 1.29 is 4.79 Å². The molecule has 0 spiro atoms. The van der Waals surface area contributed by atoms with Gasteiger partial charge in [-0.05, 0) is 12.5 Å². The molecule has 72 valence electrons. The molecule has 2 rings (SSSR count). The lowest BCUT2D eigenvalue weighted by molar-refractivity contribution is 0.261. The zero-order chi connectivity index (χ0) is 9.97. The van der Waals surface area contributed by atoms with Crippen molar-refractivity contribution in [3.8, 4) is 0 Å². The van der Waals surface area contributed by atoms with Crippen LogP contribution in [-0.2, 0) is 0 Å². The number of amides is 1. The minimum Gasteiger partial charge on any atom is -0.260 e. The average molecular weight is 206 g/mol. The fraction of sp³-hybridized carbons (Fsp3) is 0.200. The van der Waals surface area contributed by atoms with Gasteiger partial charge >= 0.3 is 0 Å². The summed E-state index contributed by atoms with van der Waals surface area (Å²) >= 11 is 1.24. The quantitative estimate of drug-likeness (QED) is 0.765. The number of hydrazone groups is 1. The largest absolute Gasteiger partial charge is 0.299 e. The van der Waals surface area contributed by atoms with E-state index in [2.05, 4.69) is 10.5 Å². The van der Waals surface area contributed by atoms with Gasteiger partial charge in [0.25, 0.3) is 5.24 Å². The Bertz CT molecular complexity index is 384. The van der Waals surface area contributed by atoms with Gasteiger partial charge in [-0.3, -0.25) is 4.79 Å². The van der Waals surface area contributed by atoms with Gasteiger partial charge in [0.1, 0.15) is 0 Å². The number of nitrogens with zero attached hydrogens (tertiary/aromatic N) is 1. The molecule has 1 heterocycles. The van der Waals surface area contributed by atoms with Gasteiger partial charge in [0.05, 0.1) is 5.71 Å². The number of carbonyl (C=O) groups excluding carboxylic acids is 1. The summed E-state index contributed by atoms with van der Waals surface area (Å²) in [6.07, 6.45) is 0. The normalized spacial score (nSPS) is 16.1. The molecule has 0 bridgehead atoms. The van der Waals surface area contributed by atoms with Crippen molar-refractivity contribution in [3.05, 3.63) is 35.4 Å². The highest BCUT2D eigenvalue weighted by Gasteiger charge is 2.13. The maximum absolute atomic E-state index is 10.8. The summed E-state index contributed by atoms with van der Waals surface area (Å²) < 4.78 is 0. The van der Waals surface area contributed by atoms with Crippen molar-refractivity contribution in [2.45, 2.75) is 6.92 Å². The Morgan fingerprint density at radius 2 is 2.07 bits per heavy atom. The fourth-order valence-electron chi connectivity index (χ4n) is 1.21. The number of hydrogen-bond donors (Lipinski definition) is 1. The lowest BCUT2D eigenvalue weighted by Crippen LogP contribution is -2.23. The van der Waals surface area contributed by atoms with Crippen molar-refractivity contribution in [3.63, 3.8) is 0 Å². The molecule has 0 radical (unpaired) electrons. The van der Waals surface area contributed by atoms with E-state index in [1.807, 2.05) is 31.2 Å². The van der Waals surface area contributed by atoms with Crippen LogP contribution in [0.2, 0.25) is 0 Å². The molecule has 1 N–H and O–H groups in total. The Balaban J connectivity index is 2.23. The van der Waals surface area contributed by atoms with Crippen LogP contribution in [-0.4, -0.2) is 16.7 Å². The second kappa shape index (κ2) is 3.84. The number of benzene rings is 1. The molecule has 4 heteroatoms. The average Bonchev–Trinajstić information content (AvgIpc) is 2.21. The van der Waals surface area contributed by atoms with Gasteiger partial charge < -0.3 is 0 Å². The van der Waals surface area contributed by atoms with Gasteiger partial charge in [0.15, 0.2) is 0 Å². The van der Waals surface area contributed by atoms with Crippen LogP contribution < -0.4 is 5.43 Å². The van der Waals surface area contributed by atoms with E-state index < -0.39 is 0 Å². The van der Waals surface area contributed by atoms with Gasteiger partial charge in [-0.1, -0.05) is 41.6 Å². The molecule has 0 aliphatic carbocycles. The Morgan fingerprint density at radius 3 is 2.64 bits per heavy atom. The van der Waals surface area contributed by atoms with Crippen LogP contribution in [0, 0.1) is 6.92 Å². The summed E-state index contributed by atoms with van der Waals surface area (Å²) in [5, 5.41) is 3.92. The van der Waals surface area contributed by atoms with Crippen molar-refractivity contribution >= 4 is 22.7 Å². The summed E-state index contributed by atoms with van der Waals surface area (Å²) in [6.45, 7) is 2.04. The molecular weight excluding hydrogens is 196 g/mol. The number of nitrogens with one attached hydrogen (secondary N) is 1. The van der Waals surface area contributed by atoms with Crippen molar-refractivity contribution in [2.24, 2.45) is 5.10 Å². The first-order valence-electron chi connectivity index (χ1n) is 4.32. The molecular formula is C10H10N2OS. The van der Waals surface area contributed by atoms with E-state index in [0.717, 1.165) is 11.3 Å². The molecule has 0 saturated heterocycles. The van der Waals surface area contributed by atoms with E-state index in [1.54, 1.807) is 0 Å². The predicted octanol–water partition coefficient (Wildman–Crippen LogP) is 2.16. The van der Waals surface area contributed by atoms with E-state index in [9.17, 15) is 4.79 Å². The van der Waals surface area contributed by atoms with Gasteiger partial charge in [-0.15, -0.1) is 0 Å². The van der Waals surface area contributed by atoms with Crippen LogP contribution >= 0.6 is 11.8 Å². The minimum absolute atomic E-state index is 0.0825. The number of hydrogen-bond acceptors (Lipinski definition) is 3. The highest BCUT2D eigenvalue weighted by molar-refractivity contribution is 8.14. The van der Waals surface area contributed by atoms with Crippen LogP contribution in [0.1, 0.15) is 11.1 Å². The number of thioether (sulfide) groups is 1. The molecule has 0 unspecified atom stereocenters. The monoisotopic (exact) mass is 206 g/mol. The number of carbonyl (C=O) groups is 1. The van der Waals surface area contributed by atoms with Crippen LogP contribution in [0.5, 0.6) is 0 Å². The lowest BCUT2D eigenvalue weighted by Gasteiger charge is -2.11. The SMILES string of the molecule is Cc1ccc(C2=NNC(=O)SC2)cc1. The molecule has 1 aromatic carbocycles. The summed E-state index contributed by atoms with van der Waals surface area (Å²) in [6, 6.07) is 8.12. The van der Waals surface area contributed by atoms with E-state index >= 15 is 0 Å². The zero-order valence-corrected chi connectivity index (χ0v) is 8.60. The third kappa shape index (κ3) is 1.96. The van der Waals surface area contributed by atoms with Crippen LogP contribution in [0.4, 0.5) is 4.79 Å². The van der Waals surface area contributed by atoms with Crippen molar-refractivity contribution in [1.29, 1.82) is 0 Å². The Kier molecular flexibility index (Phi) is 2.54. The minimum atomic E-state index is -0.0825. The Hall–Kier alpha value is -1.29. The molecule has 0 fully saturated rings. The van der Waals surface area contributed by atoms with Gasteiger partial charge in [-0.25, -0.2) is 5.43 Å². The standard InChI is InChI=1S/C10H10N2OS/c1-7-2-4-8(5-3-7)9-6-14-10(13)12-11-9/h2-5H,6H2,1H3,(H,12,13). The van der Waals surface area contributed by atoms with Crippen molar-refractivity contribution in [2.75, 3.05) is 5.75 Å². The van der Waals surface area contributed by atoms with Gasteiger partial charge in [0.2, 0.25) is 0 Å². The maximum Gasteiger partial charge on any atom is 0.299 e. The third-order valence-electron chi connectivity index (χ3n) is 2.01. The molecule has 1 aromatic rings. The summed E-state index contributed by atoms with van der Waals surface area (Å²) in [7, 11) is 0. The van der Waals surface area contributed by atoms with Crippen LogP contribution in [0.15, 0.2) is 29.4 Å². The van der Waals surface area contributed by atoms with Crippen molar-refractivity contribution in [1.82, 2.24) is 5.43 Å². The van der Waals surface area contributed by atoms with E-state index in [4.69, 9.17) is 0 Å². The highest BCUT2D eigenvalue weighted by Crippen LogP contribution is 2.13. The maximum atomic E-state index is 10.8. The first-order chi connectivity index (χ1) is 6.75. The number of aryl methyl sites for hydroxylation is 1. The first-order valence-corrected chi connectivity index (χ1v) is 5.30. The Morgan fingerprint density at radius 1 is 1.36 bits per heavy atom. The van der Waals surface area contributed by atoms with Gasteiger partial charge in [0, 0.05) is 5.75 Å². The Labute approximate surface area is 86.6 Å². The topological polar surface area (TPSA) is 41.5 Å². The van der Waals surface area contributed by atoms with Gasteiger partial charge in [-0.2, -0.15) is 5.10 Å². The third-order valence-corrected chi connectivity index (χ3v) is 2.78. The summed E-state index contributed by atoms with van der Waals surface area (Å²) in [5.41, 5.74) is 5.68. The zero-order valence-electron chi connectivity index (χ0n) is 7.78. The summed E-state index contributed by atoms with van der Waals surface area (Å²) in [5.74, 6) is 0.648. The van der Waals surface area contributed by atoms with Crippen LogP contribution in [0.25, 0.3) is 0 Å². The van der Waals surface area contributed by atoms with E-state index in [0.29, 0.717) is 5.75 Å². The highest BCUT2D eigenvalue weighted by atomic mass is 32.2. The molecule has 1 aliphatic rings. The molecule has 0 aromatic heterocycles. The second-order valence-corrected chi connectivity index (χ2v) is 4.06. The second-order valence-electron chi connectivity index (χ2n) is 3.11. The lowest BCUT2D eigenvalue weighted by atomic mass is 10.1. The molecule has 0 atom stereocenters. The molecule has 1 aliphatic heterocycles. The van der Waals surface area contributed by atoms with Crippen LogP contribution in [0.3, 0.4) is 0 Å². The fourth-order valence-corrected chi connectivity index (χ4v) is 1.81. The number of rotatable bonds is 1. The molecule has 1 amide bonds. The smallest absolute Gasteiger partial charge is 0.260 e. The molecule has 3 nitrogen and oxygen atoms in total. The van der Waals surface area contributed by atoms with E-state index in [-0.39, 0.29) is 5.24 Å². The first kappa shape index (κ1) is 9.27. The predicted molar refractivity (Wildman–Crippen MR) is 58.7 cm³/mol. The van der Waals surface area contributed by atoms with E-state index in [1.165, 1.54) is 17.3 Å².